The Morgan fingerprint density at radius 3 is 2.55 bits per heavy atom. The highest BCUT2D eigenvalue weighted by atomic mass is 32.2. The van der Waals surface area contributed by atoms with Crippen molar-refractivity contribution in [1.82, 2.24) is 4.31 Å². The highest BCUT2D eigenvalue weighted by molar-refractivity contribution is 7.89. The number of benzene rings is 2. The van der Waals surface area contributed by atoms with Gasteiger partial charge in [-0.05, 0) is 62.6 Å². The molecule has 1 N–H and O–H groups in total. The van der Waals surface area contributed by atoms with Crippen LogP contribution >= 0.6 is 0 Å². The number of hydrogen-bond acceptors (Lipinski definition) is 4. The molecule has 168 valence electrons. The number of carbonyl (C=O) groups is 1. The summed E-state index contributed by atoms with van der Waals surface area (Å²) in [5, 5.41) is 2.87. The molecule has 0 unspecified atom stereocenters. The van der Waals surface area contributed by atoms with Crippen LogP contribution < -0.4 is 5.32 Å². The summed E-state index contributed by atoms with van der Waals surface area (Å²) >= 11 is 0. The summed E-state index contributed by atoms with van der Waals surface area (Å²) in [4.78, 5) is 12.0. The van der Waals surface area contributed by atoms with E-state index in [1.807, 2.05) is 32.0 Å². The molecule has 1 heterocycles. The van der Waals surface area contributed by atoms with Gasteiger partial charge in [-0.2, -0.15) is 4.31 Å². The molecular formula is C22H26F2N2O4S. The van der Waals surface area contributed by atoms with Crippen molar-refractivity contribution in [2.24, 2.45) is 5.92 Å². The second kappa shape index (κ2) is 9.84. The fourth-order valence-electron chi connectivity index (χ4n) is 3.42. The highest BCUT2D eigenvalue weighted by Gasteiger charge is 2.33. The Hall–Kier alpha value is -2.36. The molecule has 0 bridgehead atoms. The number of rotatable bonds is 7. The van der Waals surface area contributed by atoms with Crippen LogP contribution in [0.5, 0.6) is 0 Å². The number of halogens is 2. The van der Waals surface area contributed by atoms with Crippen molar-refractivity contribution in [3.63, 3.8) is 0 Å². The maximum atomic E-state index is 14.0. The molecule has 0 radical (unpaired) electrons. The van der Waals surface area contributed by atoms with Gasteiger partial charge in [0.25, 0.3) is 0 Å². The minimum absolute atomic E-state index is 0.0542. The van der Waals surface area contributed by atoms with E-state index in [1.165, 1.54) is 0 Å². The average molecular weight is 453 g/mol. The minimum Gasteiger partial charge on any atom is -0.374 e. The number of carbonyl (C=O) groups excluding carboxylic acids is 1. The number of amides is 1. The number of piperidine rings is 1. The van der Waals surface area contributed by atoms with E-state index in [2.05, 4.69) is 5.32 Å². The smallest absolute Gasteiger partial charge is 0.246 e. The molecule has 9 heteroatoms. The lowest BCUT2D eigenvalue weighted by molar-refractivity contribution is -0.120. The predicted molar refractivity (Wildman–Crippen MR) is 113 cm³/mol. The van der Waals surface area contributed by atoms with Crippen LogP contribution in [0.25, 0.3) is 0 Å². The number of nitrogens with one attached hydrogen (secondary N) is 1. The summed E-state index contributed by atoms with van der Waals surface area (Å²) in [6, 6.07) is 9.71. The van der Waals surface area contributed by atoms with Gasteiger partial charge < -0.3 is 10.1 Å². The van der Waals surface area contributed by atoms with Crippen molar-refractivity contribution in [3.8, 4) is 0 Å². The molecule has 6 nitrogen and oxygen atoms in total. The van der Waals surface area contributed by atoms with Gasteiger partial charge in [0, 0.05) is 24.7 Å². The third-order valence-electron chi connectivity index (χ3n) is 5.11. The van der Waals surface area contributed by atoms with Gasteiger partial charge >= 0.3 is 0 Å². The molecule has 3 rings (SSSR count). The molecule has 0 saturated carbocycles. The standard InChI is InChI=1S/C22H26F2N2O4S/c1-15(2)30-14-16-4-3-5-19(12-16)25-22(27)17-8-10-26(11-9-17)31(28,29)21-13-18(23)6-7-20(21)24/h3-7,12-13,15,17H,8-11,14H2,1-2H3,(H,25,27). The van der Waals surface area contributed by atoms with Gasteiger partial charge in [-0.25, -0.2) is 17.2 Å². The first-order valence-corrected chi connectivity index (χ1v) is 11.6. The molecule has 0 aromatic heterocycles. The maximum Gasteiger partial charge on any atom is 0.246 e. The van der Waals surface area contributed by atoms with E-state index in [-0.39, 0.29) is 43.9 Å². The van der Waals surface area contributed by atoms with Crippen LogP contribution in [0.2, 0.25) is 0 Å². The van der Waals surface area contributed by atoms with Gasteiger partial charge in [0.1, 0.15) is 16.5 Å². The molecule has 0 spiro atoms. The van der Waals surface area contributed by atoms with Gasteiger partial charge in [0.2, 0.25) is 15.9 Å². The molecule has 2 aromatic rings. The Labute approximate surface area is 181 Å². The second-order valence-corrected chi connectivity index (χ2v) is 9.71. The minimum atomic E-state index is -4.17. The predicted octanol–water partition coefficient (Wildman–Crippen LogP) is 3.93. The van der Waals surface area contributed by atoms with Gasteiger partial charge in [-0.1, -0.05) is 12.1 Å². The van der Waals surface area contributed by atoms with E-state index < -0.39 is 26.6 Å². The first-order valence-electron chi connectivity index (χ1n) is 10.1. The highest BCUT2D eigenvalue weighted by Crippen LogP contribution is 2.27. The van der Waals surface area contributed by atoms with Crippen molar-refractivity contribution in [3.05, 3.63) is 59.7 Å². The summed E-state index contributed by atoms with van der Waals surface area (Å²) in [7, 11) is -4.17. The van der Waals surface area contributed by atoms with Crippen LogP contribution in [0.1, 0.15) is 32.3 Å². The monoisotopic (exact) mass is 452 g/mol. The SMILES string of the molecule is CC(C)OCc1cccc(NC(=O)C2CCN(S(=O)(=O)c3cc(F)ccc3F)CC2)c1. The van der Waals surface area contributed by atoms with E-state index >= 15 is 0 Å². The van der Waals surface area contributed by atoms with Gasteiger partial charge in [0.05, 0.1) is 12.7 Å². The summed E-state index contributed by atoms with van der Waals surface area (Å²) in [6.45, 7) is 4.44. The second-order valence-electron chi connectivity index (χ2n) is 7.80. The zero-order valence-electron chi connectivity index (χ0n) is 17.5. The number of sulfonamides is 1. The number of hydrogen-bond donors (Lipinski definition) is 1. The average Bonchev–Trinajstić information content (AvgIpc) is 2.74. The van der Waals surface area contributed by atoms with Gasteiger partial charge in [-0.15, -0.1) is 0 Å². The van der Waals surface area contributed by atoms with Crippen molar-refractivity contribution < 1.29 is 26.7 Å². The Bertz CT molecular complexity index is 1040. The van der Waals surface area contributed by atoms with Crippen LogP contribution in [-0.4, -0.2) is 37.8 Å². The molecule has 1 aliphatic heterocycles. The Morgan fingerprint density at radius 1 is 1.16 bits per heavy atom. The summed E-state index contributed by atoms with van der Waals surface area (Å²) in [6.07, 6.45) is 0.677. The van der Waals surface area contributed by atoms with Crippen molar-refractivity contribution in [1.29, 1.82) is 0 Å². The van der Waals surface area contributed by atoms with Gasteiger partial charge in [-0.3, -0.25) is 4.79 Å². The molecular weight excluding hydrogens is 426 g/mol. The van der Waals surface area contributed by atoms with E-state index in [4.69, 9.17) is 4.74 Å². The van der Waals surface area contributed by atoms with Crippen molar-refractivity contribution >= 4 is 21.6 Å². The quantitative estimate of drug-likeness (QED) is 0.691. The van der Waals surface area contributed by atoms with Crippen LogP contribution in [0.3, 0.4) is 0 Å². The molecule has 0 atom stereocenters. The molecule has 2 aromatic carbocycles. The fourth-order valence-corrected chi connectivity index (χ4v) is 4.96. The van der Waals surface area contributed by atoms with Crippen LogP contribution in [0.15, 0.2) is 47.4 Å². The largest absolute Gasteiger partial charge is 0.374 e. The van der Waals surface area contributed by atoms with Crippen molar-refractivity contribution in [2.75, 3.05) is 18.4 Å². The normalized spacial score (nSPS) is 15.9. The fraction of sp³-hybridized carbons (Fsp3) is 0.409. The lowest BCUT2D eigenvalue weighted by Crippen LogP contribution is -2.41. The molecule has 1 fully saturated rings. The zero-order chi connectivity index (χ0) is 22.6. The topological polar surface area (TPSA) is 75.7 Å². The Balaban J connectivity index is 1.60. The van der Waals surface area contributed by atoms with E-state index in [0.29, 0.717) is 18.4 Å². The molecule has 1 aliphatic rings. The third kappa shape index (κ3) is 5.87. The lowest BCUT2D eigenvalue weighted by Gasteiger charge is -2.30. The summed E-state index contributed by atoms with van der Waals surface area (Å²) in [5.74, 6) is -2.40. The Morgan fingerprint density at radius 2 is 1.87 bits per heavy atom. The first kappa shape index (κ1) is 23.3. The number of ether oxygens (including phenoxy) is 1. The number of nitrogens with zero attached hydrogens (tertiary/aromatic N) is 1. The maximum absolute atomic E-state index is 14.0. The van der Waals surface area contributed by atoms with E-state index in [9.17, 15) is 22.0 Å². The lowest BCUT2D eigenvalue weighted by atomic mass is 9.97. The summed E-state index contributed by atoms with van der Waals surface area (Å²) < 4.78 is 59.4. The van der Waals surface area contributed by atoms with Crippen molar-refractivity contribution in [2.45, 2.75) is 44.3 Å². The third-order valence-corrected chi connectivity index (χ3v) is 7.03. The molecule has 1 amide bonds. The van der Waals surface area contributed by atoms with Crippen LogP contribution in [0, 0.1) is 17.6 Å². The zero-order valence-corrected chi connectivity index (χ0v) is 18.3. The Kier molecular flexibility index (Phi) is 7.40. The number of anilines is 1. The molecule has 1 saturated heterocycles. The van der Waals surface area contributed by atoms with Crippen LogP contribution in [0.4, 0.5) is 14.5 Å². The molecule has 31 heavy (non-hydrogen) atoms. The van der Waals surface area contributed by atoms with Crippen LogP contribution in [-0.2, 0) is 26.2 Å². The summed E-state index contributed by atoms with van der Waals surface area (Å²) in [5.41, 5.74) is 1.58. The first-order chi connectivity index (χ1) is 14.7. The van der Waals surface area contributed by atoms with E-state index in [0.717, 1.165) is 22.0 Å². The molecule has 0 aliphatic carbocycles. The van der Waals surface area contributed by atoms with Gasteiger partial charge in [0.15, 0.2) is 0 Å². The van der Waals surface area contributed by atoms with E-state index in [1.54, 1.807) is 6.07 Å².